The summed E-state index contributed by atoms with van der Waals surface area (Å²) in [6.07, 6.45) is -10.2. The molecule has 0 saturated carbocycles. The maximum absolute atomic E-state index is 14.2. The fraction of sp³-hybridized carbons (Fsp3) is 0.435. The summed E-state index contributed by atoms with van der Waals surface area (Å²) in [6.45, 7) is 0. The SMILES string of the molecule is O=C(O)CCCc1ccc(C(CCC(F)(F)C(F)(F)C(F)(F)C(F)(F)F)NS(=O)(=O)c2ccc(Cl)cc2)cc1. The number of aliphatic carboxylic acids is 1. The number of hydrogen-bond donors (Lipinski definition) is 2. The van der Waals surface area contributed by atoms with E-state index < -0.39 is 63.7 Å². The molecule has 2 N–H and O–H groups in total. The Labute approximate surface area is 222 Å². The average molecular weight is 614 g/mol. The molecule has 16 heteroatoms. The maximum atomic E-state index is 14.2. The van der Waals surface area contributed by atoms with Crippen molar-refractivity contribution in [2.45, 2.75) is 67.0 Å². The number of carbonyl (C=O) groups is 1. The minimum Gasteiger partial charge on any atom is -0.481 e. The number of sulfonamides is 1. The summed E-state index contributed by atoms with van der Waals surface area (Å²) in [5.41, 5.74) is 0.442. The van der Waals surface area contributed by atoms with E-state index in [1.807, 2.05) is 4.72 Å². The Kier molecular flexibility index (Phi) is 9.99. The minimum atomic E-state index is -7.07. The fourth-order valence-electron chi connectivity index (χ4n) is 3.41. The van der Waals surface area contributed by atoms with Crippen LogP contribution in [0.2, 0.25) is 5.02 Å². The third kappa shape index (κ3) is 7.78. The number of benzene rings is 2. The van der Waals surface area contributed by atoms with Gasteiger partial charge in [-0.15, -0.1) is 0 Å². The molecule has 0 amide bonds. The van der Waals surface area contributed by atoms with Gasteiger partial charge < -0.3 is 5.11 Å². The van der Waals surface area contributed by atoms with Crippen LogP contribution < -0.4 is 4.72 Å². The van der Waals surface area contributed by atoms with Gasteiger partial charge in [-0.05, 0) is 54.7 Å². The third-order valence-corrected chi connectivity index (χ3v) is 7.36. The van der Waals surface area contributed by atoms with Crippen molar-refractivity contribution in [2.75, 3.05) is 0 Å². The Balaban J connectivity index is 2.37. The van der Waals surface area contributed by atoms with Crippen LogP contribution in [0.15, 0.2) is 53.4 Å². The predicted octanol–water partition coefficient (Wildman–Crippen LogP) is 7.02. The lowest BCUT2D eigenvalue weighted by atomic mass is 9.94. The lowest BCUT2D eigenvalue weighted by molar-refractivity contribution is -0.396. The van der Waals surface area contributed by atoms with Crippen LogP contribution in [0, 0.1) is 0 Å². The zero-order valence-corrected chi connectivity index (χ0v) is 21.2. The maximum Gasteiger partial charge on any atom is 0.460 e. The summed E-state index contributed by atoms with van der Waals surface area (Å²) in [5, 5.41) is 8.84. The van der Waals surface area contributed by atoms with Crippen LogP contribution >= 0.6 is 11.6 Å². The van der Waals surface area contributed by atoms with E-state index in [9.17, 15) is 52.7 Å². The highest BCUT2D eigenvalue weighted by atomic mass is 35.5. The molecular formula is C23H21ClF9NO4S. The highest BCUT2D eigenvalue weighted by molar-refractivity contribution is 7.89. The van der Waals surface area contributed by atoms with Crippen LogP contribution in [0.1, 0.15) is 42.9 Å². The van der Waals surface area contributed by atoms with E-state index in [1.54, 1.807) is 0 Å². The first kappa shape index (κ1) is 32.7. The first-order valence-corrected chi connectivity index (χ1v) is 12.9. The highest BCUT2D eigenvalue weighted by Gasteiger charge is 2.81. The standard InChI is InChI=1S/C23H21ClF9NO4S/c24-16-8-10-17(11-9-16)39(37,38)34-18(15-6-4-14(5-7-15)2-1-3-19(35)36)12-13-20(25,26)21(27,28)22(29,30)23(31,32)33/h4-11,18,34H,1-3,12-13H2,(H,35,36). The molecule has 0 heterocycles. The Morgan fingerprint density at radius 1 is 0.872 bits per heavy atom. The van der Waals surface area contributed by atoms with Crippen LogP contribution in [-0.4, -0.2) is 43.4 Å². The Morgan fingerprint density at radius 3 is 1.90 bits per heavy atom. The quantitative estimate of drug-likeness (QED) is 0.238. The summed E-state index contributed by atoms with van der Waals surface area (Å²) in [5.74, 6) is -20.9. The first-order chi connectivity index (χ1) is 17.7. The molecule has 0 aliphatic rings. The van der Waals surface area contributed by atoms with E-state index in [-0.39, 0.29) is 29.8 Å². The van der Waals surface area contributed by atoms with E-state index in [4.69, 9.17) is 16.7 Å². The summed E-state index contributed by atoms with van der Waals surface area (Å²) in [7, 11) is -4.55. The summed E-state index contributed by atoms with van der Waals surface area (Å²) in [6, 6.07) is 7.77. The van der Waals surface area contributed by atoms with Gasteiger partial charge in [-0.2, -0.15) is 39.5 Å². The zero-order valence-electron chi connectivity index (χ0n) is 19.6. The first-order valence-electron chi connectivity index (χ1n) is 11.0. The fourth-order valence-corrected chi connectivity index (χ4v) is 4.80. The smallest absolute Gasteiger partial charge is 0.460 e. The second kappa shape index (κ2) is 11.9. The molecule has 0 fully saturated rings. The van der Waals surface area contributed by atoms with Gasteiger partial charge in [0.25, 0.3) is 0 Å². The lowest BCUT2D eigenvalue weighted by Gasteiger charge is -2.34. The van der Waals surface area contributed by atoms with Crippen LogP contribution in [0.4, 0.5) is 39.5 Å². The van der Waals surface area contributed by atoms with E-state index in [1.165, 1.54) is 36.4 Å². The van der Waals surface area contributed by atoms with Gasteiger partial charge in [0.1, 0.15) is 0 Å². The van der Waals surface area contributed by atoms with E-state index in [0.717, 1.165) is 12.1 Å². The van der Waals surface area contributed by atoms with Crippen LogP contribution in [-0.2, 0) is 21.2 Å². The normalized spacial score (nSPS) is 14.3. The van der Waals surface area contributed by atoms with Crippen molar-refractivity contribution in [3.63, 3.8) is 0 Å². The van der Waals surface area contributed by atoms with Crippen molar-refractivity contribution in [1.29, 1.82) is 0 Å². The third-order valence-electron chi connectivity index (χ3n) is 5.62. The van der Waals surface area contributed by atoms with Crippen LogP contribution in [0.25, 0.3) is 0 Å². The number of halogens is 10. The molecule has 1 unspecified atom stereocenters. The number of alkyl halides is 9. The number of aryl methyl sites for hydroxylation is 1. The van der Waals surface area contributed by atoms with Crippen molar-refractivity contribution in [1.82, 2.24) is 4.72 Å². The van der Waals surface area contributed by atoms with Crippen LogP contribution in [0.3, 0.4) is 0 Å². The number of rotatable bonds is 13. The molecular weight excluding hydrogens is 593 g/mol. The van der Waals surface area contributed by atoms with Crippen molar-refractivity contribution in [2.24, 2.45) is 0 Å². The monoisotopic (exact) mass is 613 g/mol. The molecule has 5 nitrogen and oxygen atoms in total. The Bertz CT molecular complexity index is 1240. The number of hydrogen-bond acceptors (Lipinski definition) is 3. The van der Waals surface area contributed by atoms with Gasteiger partial charge in [0.05, 0.1) is 4.90 Å². The van der Waals surface area contributed by atoms with Gasteiger partial charge in [0.2, 0.25) is 10.0 Å². The zero-order chi connectivity index (χ0) is 29.9. The molecule has 0 aliphatic carbocycles. The summed E-state index contributed by atoms with van der Waals surface area (Å²) < 4.78 is 147. The van der Waals surface area contributed by atoms with Crippen molar-refractivity contribution in [3.05, 3.63) is 64.7 Å². The van der Waals surface area contributed by atoms with E-state index in [0.29, 0.717) is 5.56 Å². The number of nitrogens with one attached hydrogen (secondary N) is 1. The predicted molar refractivity (Wildman–Crippen MR) is 122 cm³/mol. The summed E-state index contributed by atoms with van der Waals surface area (Å²) in [4.78, 5) is 10.2. The molecule has 2 aromatic carbocycles. The Hall–Kier alpha value is -2.52. The summed E-state index contributed by atoms with van der Waals surface area (Å²) >= 11 is 5.70. The highest BCUT2D eigenvalue weighted by Crippen LogP contribution is 2.54. The second-order valence-corrected chi connectivity index (χ2v) is 10.7. The number of carboxylic acids is 1. The van der Waals surface area contributed by atoms with Gasteiger partial charge in [-0.3, -0.25) is 4.79 Å². The van der Waals surface area contributed by atoms with Gasteiger partial charge in [-0.25, -0.2) is 13.1 Å². The molecule has 0 aromatic heterocycles. The average Bonchev–Trinajstić information content (AvgIpc) is 2.81. The van der Waals surface area contributed by atoms with Crippen molar-refractivity contribution in [3.8, 4) is 0 Å². The largest absolute Gasteiger partial charge is 0.481 e. The molecule has 218 valence electrons. The molecule has 0 saturated heterocycles. The molecule has 0 aliphatic heterocycles. The van der Waals surface area contributed by atoms with Crippen LogP contribution in [0.5, 0.6) is 0 Å². The van der Waals surface area contributed by atoms with Crippen molar-refractivity contribution >= 4 is 27.6 Å². The van der Waals surface area contributed by atoms with Crippen molar-refractivity contribution < 1.29 is 57.8 Å². The van der Waals surface area contributed by atoms with E-state index >= 15 is 0 Å². The Morgan fingerprint density at radius 2 is 1.41 bits per heavy atom. The van der Waals surface area contributed by atoms with Gasteiger partial charge in [0, 0.05) is 23.9 Å². The van der Waals surface area contributed by atoms with E-state index in [2.05, 4.69) is 0 Å². The number of carboxylic acid groups (broad SMARTS) is 1. The van der Waals surface area contributed by atoms with Gasteiger partial charge in [0.15, 0.2) is 0 Å². The molecule has 1 atom stereocenters. The minimum absolute atomic E-state index is 0.101. The van der Waals surface area contributed by atoms with Gasteiger partial charge >= 0.3 is 29.9 Å². The lowest BCUT2D eigenvalue weighted by Crippen LogP contribution is -2.60. The van der Waals surface area contributed by atoms with Gasteiger partial charge in [-0.1, -0.05) is 35.9 Å². The second-order valence-electron chi connectivity index (χ2n) is 8.51. The molecule has 0 spiro atoms. The molecule has 0 radical (unpaired) electrons. The molecule has 39 heavy (non-hydrogen) atoms. The molecule has 2 rings (SSSR count). The topological polar surface area (TPSA) is 83.5 Å². The molecule has 2 aromatic rings. The molecule has 0 bridgehead atoms.